The summed E-state index contributed by atoms with van der Waals surface area (Å²) in [4.78, 5) is 3.50. The van der Waals surface area contributed by atoms with Crippen LogP contribution in [0.2, 0.25) is 0 Å². The minimum Gasteiger partial charge on any atom is -0.475 e. The van der Waals surface area contributed by atoms with Crippen LogP contribution in [0.1, 0.15) is 44.2 Å². The fourth-order valence-corrected chi connectivity index (χ4v) is 5.93. The largest absolute Gasteiger partial charge is 0.475 e. The summed E-state index contributed by atoms with van der Waals surface area (Å²) in [5, 5.41) is 3.62. The third kappa shape index (κ3) is 1.82. The Balaban J connectivity index is 2.01. The van der Waals surface area contributed by atoms with Crippen molar-refractivity contribution in [3.05, 3.63) is 55.2 Å². The third-order valence-electron chi connectivity index (χ3n) is 7.08. The quantitative estimate of drug-likeness (QED) is 0.468. The van der Waals surface area contributed by atoms with E-state index in [4.69, 9.17) is 11.6 Å². The van der Waals surface area contributed by atoms with E-state index in [1.807, 2.05) is 0 Å². The van der Waals surface area contributed by atoms with Crippen molar-refractivity contribution in [2.24, 2.45) is 11.3 Å². The molecule has 0 radical (unpaired) electrons. The number of rotatable bonds is 2. The lowest BCUT2D eigenvalue weighted by Crippen LogP contribution is -2.91. The van der Waals surface area contributed by atoms with Crippen LogP contribution in [0.5, 0.6) is 0 Å². The zero-order valence-electron chi connectivity index (χ0n) is 14.8. The van der Waals surface area contributed by atoms with E-state index in [0.29, 0.717) is 17.9 Å². The van der Waals surface area contributed by atoms with Crippen molar-refractivity contribution in [1.29, 1.82) is 0 Å². The number of halogens is 1. The highest BCUT2D eigenvalue weighted by Gasteiger charge is 2.57. The second kappa shape index (κ2) is 5.12. The summed E-state index contributed by atoms with van der Waals surface area (Å²) >= 11 is 6.92. The fraction of sp³-hybridized carbons (Fsp3) is 0.476. The average Bonchev–Trinajstić information content (AvgIpc) is 2.99. The molecule has 5 atom stereocenters. The smallest absolute Gasteiger partial charge is 0.0797 e. The minimum absolute atomic E-state index is 0.0817. The molecule has 0 spiro atoms. The van der Waals surface area contributed by atoms with Crippen molar-refractivity contribution in [3.63, 3.8) is 0 Å². The van der Waals surface area contributed by atoms with Crippen molar-refractivity contribution in [3.8, 4) is 0 Å². The molecular weight excluding hydrogens is 316 g/mol. The summed E-state index contributed by atoms with van der Waals surface area (Å²) in [5.74, 6) is 0.934. The molecule has 1 heterocycles. The number of nitrogens with one attached hydrogen (secondary N) is 1. The Kier molecular flexibility index (Phi) is 3.47. The molecule has 1 saturated carbocycles. The number of hydrogen-bond acceptors (Lipinski definition) is 0. The predicted octanol–water partition coefficient (Wildman–Crippen LogP) is 4.09. The zero-order chi connectivity index (χ0) is 17.3. The van der Waals surface area contributed by atoms with Crippen molar-refractivity contribution in [2.75, 3.05) is 0 Å². The first-order chi connectivity index (χ1) is 11.4. The zero-order valence-corrected chi connectivity index (χ0v) is 15.5. The van der Waals surface area contributed by atoms with Gasteiger partial charge in [0.1, 0.15) is 0 Å². The van der Waals surface area contributed by atoms with Crippen molar-refractivity contribution in [2.45, 2.75) is 49.9 Å². The highest BCUT2D eigenvalue weighted by molar-refractivity contribution is 6.21. The van der Waals surface area contributed by atoms with Gasteiger partial charge >= 0.3 is 0 Å². The third-order valence-corrected chi connectivity index (χ3v) is 7.73. The van der Waals surface area contributed by atoms with E-state index in [1.165, 1.54) is 22.0 Å². The van der Waals surface area contributed by atoms with Crippen LogP contribution in [-0.2, 0) is 5.41 Å². The predicted molar refractivity (Wildman–Crippen MR) is 101 cm³/mol. The van der Waals surface area contributed by atoms with Gasteiger partial charge in [0.05, 0.1) is 11.5 Å². The van der Waals surface area contributed by atoms with Gasteiger partial charge in [-0.25, -0.2) is 0 Å². The van der Waals surface area contributed by atoms with Crippen LogP contribution in [0.15, 0.2) is 37.1 Å². The van der Waals surface area contributed by atoms with E-state index >= 15 is 0 Å². The fourth-order valence-electron chi connectivity index (χ4n) is 5.50. The van der Waals surface area contributed by atoms with Gasteiger partial charge in [0, 0.05) is 28.4 Å². The Labute approximate surface area is 149 Å². The van der Waals surface area contributed by atoms with Crippen LogP contribution in [0.25, 0.3) is 10.9 Å². The molecule has 24 heavy (non-hydrogen) atoms. The van der Waals surface area contributed by atoms with Crippen LogP contribution in [-0.4, -0.2) is 16.4 Å². The summed E-state index contributed by atoms with van der Waals surface area (Å²) in [6, 6.07) is 6.94. The lowest BCUT2D eigenvalue weighted by molar-refractivity contribution is -0.654. The van der Waals surface area contributed by atoms with Crippen molar-refractivity contribution < 1.29 is 5.32 Å². The molecule has 0 unspecified atom stereocenters. The minimum atomic E-state index is -0.129. The Morgan fingerprint density at radius 3 is 2.79 bits per heavy atom. The van der Waals surface area contributed by atoms with Crippen molar-refractivity contribution >= 4 is 22.5 Å². The lowest BCUT2D eigenvalue weighted by Gasteiger charge is -2.56. The number of nitrogens with two attached hydrogens (primary N) is 1. The standard InChI is InChI=1S/C21H27ClN2/c1-6-21(4)16(22)10-14-18(19(21)23-5)12-11-24-15-9-7-8-13(17(12)15)20(14,2)3/h6-9,11,14,16,18-19,24H,1,5,10,23H2,2-4H3/t14-,16+,18-,19+,21+/m0/s1. The van der Waals surface area contributed by atoms with Gasteiger partial charge in [-0.05, 0) is 41.9 Å². The van der Waals surface area contributed by atoms with Crippen LogP contribution in [0, 0.1) is 18.4 Å². The average molecular weight is 343 g/mol. The molecule has 3 N–H and O–H groups in total. The number of benzene rings is 1. The molecule has 2 nitrogen and oxygen atoms in total. The molecule has 0 amide bonds. The number of aromatic amines is 1. The topological polar surface area (TPSA) is 32.4 Å². The van der Waals surface area contributed by atoms with Crippen LogP contribution in [0.3, 0.4) is 0 Å². The molecule has 128 valence electrons. The summed E-state index contributed by atoms with van der Waals surface area (Å²) in [6.07, 6.45) is 5.29. The molecular formula is C21H27ClN2. The van der Waals surface area contributed by atoms with E-state index < -0.39 is 0 Å². The molecule has 2 aromatic rings. The Morgan fingerprint density at radius 2 is 2.12 bits per heavy atom. The van der Waals surface area contributed by atoms with Gasteiger partial charge in [-0.15, -0.1) is 18.2 Å². The molecule has 1 aromatic carbocycles. The Hall–Kier alpha value is -1.25. The summed E-state index contributed by atoms with van der Waals surface area (Å²) < 4.78 is 0. The number of fused-ring (bicyclic) bond motifs is 2. The first-order valence-corrected chi connectivity index (χ1v) is 9.30. The maximum atomic E-state index is 6.92. The monoisotopic (exact) mass is 342 g/mol. The lowest BCUT2D eigenvalue weighted by atomic mass is 9.51. The highest BCUT2D eigenvalue weighted by atomic mass is 35.5. The summed E-state index contributed by atoms with van der Waals surface area (Å²) in [5.41, 5.74) is 4.09. The van der Waals surface area contributed by atoms with E-state index in [0.717, 1.165) is 6.42 Å². The normalized spacial score (nSPS) is 37.2. The number of alkyl halides is 1. The molecule has 2 aliphatic rings. The molecule has 4 rings (SSSR count). The van der Waals surface area contributed by atoms with E-state index in [-0.39, 0.29) is 16.2 Å². The van der Waals surface area contributed by atoms with Crippen LogP contribution >= 0.6 is 11.6 Å². The molecule has 3 heteroatoms. The molecule has 1 fully saturated rings. The number of aromatic nitrogens is 1. The SMILES string of the molecule is C=C[C@]1(C)[C@H](Cl)C[C@H]2[C@H](c3c[nH]c4cccc(c34)C2(C)C)[C@H]1[NH2+][CH2-]. The molecule has 0 bridgehead atoms. The van der Waals surface area contributed by atoms with E-state index in [9.17, 15) is 0 Å². The molecule has 0 aliphatic heterocycles. The molecule has 2 aliphatic carbocycles. The number of H-pyrrole nitrogens is 1. The highest BCUT2D eigenvalue weighted by Crippen LogP contribution is 2.59. The van der Waals surface area contributed by atoms with Crippen LogP contribution < -0.4 is 5.32 Å². The van der Waals surface area contributed by atoms with Gasteiger partial charge in [0.2, 0.25) is 0 Å². The van der Waals surface area contributed by atoms with Gasteiger partial charge in [0.15, 0.2) is 0 Å². The maximum absolute atomic E-state index is 6.92. The van der Waals surface area contributed by atoms with Gasteiger partial charge < -0.3 is 10.3 Å². The summed E-state index contributed by atoms with van der Waals surface area (Å²) in [7, 11) is 4.19. The second-order valence-electron chi connectivity index (χ2n) is 8.36. The Morgan fingerprint density at radius 1 is 1.38 bits per heavy atom. The van der Waals surface area contributed by atoms with Crippen LogP contribution in [0.4, 0.5) is 0 Å². The first kappa shape index (κ1) is 16.2. The van der Waals surface area contributed by atoms with E-state index in [1.54, 1.807) is 0 Å². The number of quaternary nitrogens is 1. The number of hydrogen-bond donors (Lipinski definition) is 2. The van der Waals surface area contributed by atoms with Gasteiger partial charge in [-0.3, -0.25) is 0 Å². The molecule has 1 aromatic heterocycles. The molecule has 0 saturated heterocycles. The summed E-state index contributed by atoms with van der Waals surface area (Å²) in [6.45, 7) is 11.1. The maximum Gasteiger partial charge on any atom is 0.0797 e. The second-order valence-corrected chi connectivity index (χ2v) is 8.89. The van der Waals surface area contributed by atoms with E-state index in [2.05, 4.69) is 75.2 Å². The first-order valence-electron chi connectivity index (χ1n) is 8.87. The Bertz CT molecular complexity index is 805. The van der Waals surface area contributed by atoms with Gasteiger partial charge in [-0.2, -0.15) is 7.05 Å². The van der Waals surface area contributed by atoms with Gasteiger partial charge in [-0.1, -0.05) is 32.1 Å². The van der Waals surface area contributed by atoms with Gasteiger partial charge in [0.25, 0.3) is 0 Å². The van der Waals surface area contributed by atoms with Crippen molar-refractivity contribution in [1.82, 2.24) is 4.98 Å².